The number of hydrogen-bond acceptors (Lipinski definition) is 10. The van der Waals surface area contributed by atoms with Crippen LogP contribution in [0.1, 0.15) is 20.7 Å². The second kappa shape index (κ2) is 16.2. The summed E-state index contributed by atoms with van der Waals surface area (Å²) >= 11 is 0. The first kappa shape index (κ1) is 33.0. The van der Waals surface area contributed by atoms with Gasteiger partial charge in [-0.1, -0.05) is 60.7 Å². The number of carbonyl (C=O) groups excluding carboxylic acids is 2. The molecule has 220 valence electrons. The monoisotopic (exact) mass is 588 g/mol. The number of nitro groups is 2. The summed E-state index contributed by atoms with van der Waals surface area (Å²) < 4.78 is 0. The third-order valence-corrected chi connectivity index (χ3v) is 5.32. The number of amidine groups is 2. The van der Waals surface area contributed by atoms with E-state index in [1.807, 2.05) is 0 Å². The van der Waals surface area contributed by atoms with E-state index in [4.69, 9.17) is 10.4 Å². The molecule has 15 heteroatoms. The molecule has 4 aromatic carbocycles. The molecule has 15 nitrogen and oxygen atoms in total. The Bertz CT molecular complexity index is 1490. The summed E-state index contributed by atoms with van der Waals surface area (Å²) in [6.45, 7) is 0. The highest BCUT2D eigenvalue weighted by Gasteiger charge is 2.15. The Morgan fingerprint density at radius 3 is 1.12 bits per heavy atom. The summed E-state index contributed by atoms with van der Waals surface area (Å²) in [5, 5.41) is 39.2. The fraction of sp³-hybridized carbons (Fsp3) is 0. The molecule has 0 saturated heterocycles. The lowest BCUT2D eigenvalue weighted by Gasteiger charge is -2.04. The van der Waals surface area contributed by atoms with E-state index in [2.05, 4.69) is 9.98 Å². The Hall–Kier alpha value is -6.16. The number of benzene rings is 4. The lowest BCUT2D eigenvalue weighted by Crippen LogP contribution is -2.28. The van der Waals surface area contributed by atoms with E-state index in [1.54, 1.807) is 71.6 Å². The molecular weight excluding hydrogens is 564 g/mol. The van der Waals surface area contributed by atoms with Crippen LogP contribution >= 0.6 is 0 Å². The molecule has 4 aromatic rings. The quantitative estimate of drug-likeness (QED) is 0.0753. The molecule has 0 atom stereocenters. The van der Waals surface area contributed by atoms with Gasteiger partial charge in [0.25, 0.3) is 11.4 Å². The molecule has 0 saturated carbocycles. The predicted octanol–water partition coefficient (Wildman–Crippen LogP) is 4.15. The molecule has 0 spiro atoms. The fourth-order valence-corrected chi connectivity index (χ4v) is 3.26. The lowest BCUT2D eigenvalue weighted by atomic mass is 10.1. The van der Waals surface area contributed by atoms with Crippen molar-refractivity contribution in [1.82, 2.24) is 11.0 Å². The van der Waals surface area contributed by atoms with Crippen molar-refractivity contribution in [3.8, 4) is 0 Å². The van der Waals surface area contributed by atoms with Crippen molar-refractivity contribution in [2.45, 2.75) is 0 Å². The van der Waals surface area contributed by atoms with Crippen molar-refractivity contribution in [1.29, 1.82) is 0 Å². The smallest absolute Gasteiger partial charge is 0.269 e. The summed E-state index contributed by atoms with van der Waals surface area (Å²) in [5.74, 6) is -1.52. The van der Waals surface area contributed by atoms with Crippen LogP contribution in [0.25, 0.3) is 0 Å². The van der Waals surface area contributed by atoms with Crippen LogP contribution in [0.5, 0.6) is 0 Å². The van der Waals surface area contributed by atoms with E-state index in [0.717, 1.165) is 0 Å². The van der Waals surface area contributed by atoms with Gasteiger partial charge < -0.3 is 5.48 Å². The minimum atomic E-state index is -0.534. The van der Waals surface area contributed by atoms with Crippen molar-refractivity contribution < 1.29 is 35.3 Å². The molecule has 0 heterocycles. The minimum absolute atomic E-state index is 0. The summed E-state index contributed by atoms with van der Waals surface area (Å²) in [6.07, 6.45) is 0. The van der Waals surface area contributed by atoms with E-state index in [9.17, 15) is 29.8 Å². The number of carbonyl (C=O) groups is 2. The van der Waals surface area contributed by atoms with Crippen LogP contribution in [0, 0.1) is 20.2 Å². The summed E-state index contributed by atoms with van der Waals surface area (Å²) in [4.78, 5) is 52.1. The maximum Gasteiger partial charge on any atom is 0.269 e. The number of hydroxylamine groups is 2. The van der Waals surface area contributed by atoms with Gasteiger partial charge in [-0.05, 0) is 24.3 Å². The molecule has 43 heavy (non-hydrogen) atoms. The number of non-ortho nitro benzene ring substituents is 2. The van der Waals surface area contributed by atoms with Crippen LogP contribution in [-0.4, -0.2) is 49.0 Å². The van der Waals surface area contributed by atoms with Crippen LogP contribution in [0.4, 0.5) is 22.7 Å². The van der Waals surface area contributed by atoms with Gasteiger partial charge in [-0.15, -0.1) is 0 Å². The summed E-state index contributed by atoms with van der Waals surface area (Å²) in [5.41, 5.74) is 4.68. The Kier molecular flexibility index (Phi) is 12.4. The van der Waals surface area contributed by atoms with Crippen molar-refractivity contribution in [2.24, 2.45) is 9.98 Å². The van der Waals surface area contributed by atoms with Crippen molar-refractivity contribution in [3.05, 3.63) is 141 Å². The second-order valence-corrected chi connectivity index (χ2v) is 8.08. The molecule has 0 bridgehead atoms. The molecule has 0 unspecified atom stereocenters. The fourth-order valence-electron chi connectivity index (χ4n) is 3.26. The number of nitrogens with zero attached hydrogens (tertiary/aromatic N) is 4. The molecule has 0 aliphatic carbocycles. The van der Waals surface area contributed by atoms with E-state index in [-0.39, 0.29) is 28.5 Å². The zero-order chi connectivity index (χ0) is 30.5. The number of nitro benzene ring substituents is 2. The summed E-state index contributed by atoms with van der Waals surface area (Å²) in [7, 11) is 0. The minimum Gasteiger partial charge on any atom is -0.412 e. The standard InChI is InChI=1S/2C14H11N3O4.H2O/c2*18-13(10-4-2-1-3-5-10)14(16-19)15-11-6-8-12(9-7-11)17(20)21;/h2*1-9,19H,(H,15,16);1H2. The number of nitrogens with one attached hydrogen (secondary N) is 2. The average molecular weight is 589 g/mol. The largest absolute Gasteiger partial charge is 0.412 e. The van der Waals surface area contributed by atoms with Gasteiger partial charge in [0.15, 0.2) is 11.7 Å². The molecule has 0 aromatic heterocycles. The molecular formula is C28H24N6O9. The molecule has 0 fully saturated rings. The zero-order valence-corrected chi connectivity index (χ0v) is 22.0. The molecule has 0 aliphatic rings. The maximum atomic E-state index is 12.1. The van der Waals surface area contributed by atoms with Crippen LogP contribution in [0.3, 0.4) is 0 Å². The van der Waals surface area contributed by atoms with E-state index >= 15 is 0 Å². The van der Waals surface area contributed by atoms with Gasteiger partial charge in [0.05, 0.1) is 21.2 Å². The van der Waals surface area contributed by atoms with Crippen LogP contribution in [-0.2, 0) is 0 Å². The van der Waals surface area contributed by atoms with Gasteiger partial charge in [0.1, 0.15) is 0 Å². The Morgan fingerprint density at radius 1 is 0.558 bits per heavy atom. The first-order valence-corrected chi connectivity index (χ1v) is 11.9. The normalized spacial score (nSPS) is 10.7. The average Bonchev–Trinajstić information content (AvgIpc) is 3.03. The summed E-state index contributed by atoms with van der Waals surface area (Å²) in [6, 6.07) is 27.2. The Balaban J connectivity index is 0.000000293. The first-order valence-electron chi connectivity index (χ1n) is 11.9. The Morgan fingerprint density at radius 2 is 0.860 bits per heavy atom. The van der Waals surface area contributed by atoms with Crippen molar-refractivity contribution in [2.75, 3.05) is 0 Å². The van der Waals surface area contributed by atoms with Crippen molar-refractivity contribution in [3.63, 3.8) is 0 Å². The molecule has 4 rings (SSSR count). The third kappa shape index (κ3) is 9.47. The number of rotatable bonds is 8. The van der Waals surface area contributed by atoms with Gasteiger partial charge in [0, 0.05) is 35.4 Å². The van der Waals surface area contributed by atoms with Crippen LogP contribution in [0.15, 0.2) is 119 Å². The van der Waals surface area contributed by atoms with Gasteiger partial charge in [-0.2, -0.15) is 0 Å². The number of aliphatic imine (C=N–C) groups is 2. The number of Topliss-reactive ketones (excluding diaryl/α,β-unsaturated/α-hetero) is 2. The molecule has 0 amide bonds. The van der Waals surface area contributed by atoms with Crippen LogP contribution in [0.2, 0.25) is 0 Å². The molecule has 6 N–H and O–H groups in total. The van der Waals surface area contributed by atoms with E-state index < -0.39 is 21.4 Å². The van der Waals surface area contributed by atoms with Gasteiger partial charge in [-0.25, -0.2) is 20.9 Å². The second-order valence-electron chi connectivity index (χ2n) is 8.08. The van der Waals surface area contributed by atoms with Gasteiger partial charge in [-0.3, -0.25) is 40.2 Å². The van der Waals surface area contributed by atoms with Gasteiger partial charge in [0.2, 0.25) is 11.6 Å². The maximum absolute atomic E-state index is 12.1. The zero-order valence-electron chi connectivity index (χ0n) is 22.0. The SMILES string of the molecule is O.O=C(C(=Nc1ccc([N+](=O)[O-])cc1)NO)c1ccccc1.O=C(C(=Nc1ccc([N+](=O)[O-])cc1)NO)c1ccccc1. The highest BCUT2D eigenvalue weighted by atomic mass is 16.6. The van der Waals surface area contributed by atoms with Crippen LogP contribution < -0.4 is 11.0 Å². The van der Waals surface area contributed by atoms with Crippen molar-refractivity contribution >= 4 is 46.0 Å². The van der Waals surface area contributed by atoms with Gasteiger partial charge >= 0.3 is 0 Å². The predicted molar refractivity (Wildman–Crippen MR) is 155 cm³/mol. The highest BCUT2D eigenvalue weighted by molar-refractivity contribution is 6.45. The van der Waals surface area contributed by atoms with E-state index in [1.165, 1.54) is 48.5 Å². The Labute approximate surface area is 243 Å². The van der Waals surface area contributed by atoms with E-state index in [0.29, 0.717) is 22.5 Å². The molecule has 0 aliphatic heterocycles. The first-order chi connectivity index (χ1) is 20.2. The molecule has 0 radical (unpaired) electrons. The third-order valence-electron chi connectivity index (χ3n) is 5.32. The topological polar surface area (TPSA) is 241 Å². The number of hydrogen-bond donors (Lipinski definition) is 4. The number of ketones is 2. The highest BCUT2D eigenvalue weighted by Crippen LogP contribution is 2.19. The lowest BCUT2D eigenvalue weighted by molar-refractivity contribution is -0.385.